The summed E-state index contributed by atoms with van der Waals surface area (Å²) in [5.41, 5.74) is 0.977. The van der Waals surface area contributed by atoms with E-state index in [1.165, 1.54) is 0 Å². The molecule has 0 spiro atoms. The molecule has 1 aliphatic rings. The number of aromatic nitrogens is 2. The van der Waals surface area contributed by atoms with Crippen molar-refractivity contribution in [2.24, 2.45) is 0 Å². The molecule has 0 N–H and O–H groups in total. The predicted octanol–water partition coefficient (Wildman–Crippen LogP) is 2.70. The zero-order valence-electron chi connectivity index (χ0n) is 13.3. The van der Waals surface area contributed by atoms with E-state index in [0.29, 0.717) is 11.4 Å². The van der Waals surface area contributed by atoms with Gasteiger partial charge in [-0.2, -0.15) is 0 Å². The summed E-state index contributed by atoms with van der Waals surface area (Å²) in [4.78, 5) is 26.4. The Kier molecular flexibility index (Phi) is 4.82. The molecule has 7 heteroatoms. The Hall–Kier alpha value is -1.66. The van der Waals surface area contributed by atoms with Crippen molar-refractivity contribution in [2.75, 3.05) is 31.1 Å². The average Bonchev–Trinajstić information content (AvgIpc) is 2.86. The maximum absolute atomic E-state index is 12.5. The normalized spacial score (nSPS) is 15.1. The summed E-state index contributed by atoms with van der Waals surface area (Å²) in [5.74, 6) is 1.09. The summed E-state index contributed by atoms with van der Waals surface area (Å²) >= 11 is 7.48. The van der Waals surface area contributed by atoms with E-state index in [4.69, 9.17) is 11.6 Å². The minimum Gasteiger partial charge on any atom is -0.353 e. The second-order valence-electron chi connectivity index (χ2n) is 5.62. The quantitative estimate of drug-likeness (QED) is 0.854. The van der Waals surface area contributed by atoms with E-state index in [2.05, 4.69) is 14.9 Å². The van der Waals surface area contributed by atoms with Crippen LogP contribution in [0.1, 0.15) is 15.6 Å². The van der Waals surface area contributed by atoms with Crippen molar-refractivity contribution in [3.63, 3.8) is 0 Å². The van der Waals surface area contributed by atoms with Crippen LogP contribution in [0.5, 0.6) is 0 Å². The number of carbonyl (C=O) groups is 1. The van der Waals surface area contributed by atoms with Crippen molar-refractivity contribution in [3.8, 4) is 0 Å². The Labute approximate surface area is 144 Å². The lowest BCUT2D eigenvalue weighted by atomic mass is 10.2. The van der Waals surface area contributed by atoms with E-state index in [1.54, 1.807) is 17.5 Å². The van der Waals surface area contributed by atoms with Gasteiger partial charge in [0.25, 0.3) is 0 Å². The van der Waals surface area contributed by atoms with Gasteiger partial charge in [-0.25, -0.2) is 9.97 Å². The number of nitrogens with zero attached hydrogens (tertiary/aromatic N) is 4. The van der Waals surface area contributed by atoms with Crippen molar-refractivity contribution in [3.05, 3.63) is 38.9 Å². The van der Waals surface area contributed by atoms with Crippen LogP contribution in [-0.4, -0.2) is 47.0 Å². The molecule has 2 aromatic rings. The maximum Gasteiger partial charge on any atom is 0.228 e. The van der Waals surface area contributed by atoms with Crippen LogP contribution in [0.3, 0.4) is 0 Å². The molecule has 5 nitrogen and oxygen atoms in total. The molecule has 0 atom stereocenters. The van der Waals surface area contributed by atoms with E-state index in [1.807, 2.05) is 30.9 Å². The zero-order valence-corrected chi connectivity index (χ0v) is 14.8. The molecule has 0 unspecified atom stereocenters. The van der Waals surface area contributed by atoms with Crippen molar-refractivity contribution in [1.82, 2.24) is 14.9 Å². The third-order valence-corrected chi connectivity index (χ3v) is 5.28. The molecule has 3 rings (SSSR count). The van der Waals surface area contributed by atoms with E-state index < -0.39 is 0 Å². The lowest BCUT2D eigenvalue weighted by Crippen LogP contribution is -2.49. The predicted molar refractivity (Wildman–Crippen MR) is 93.3 cm³/mol. The molecule has 1 amide bonds. The first-order valence-corrected chi connectivity index (χ1v) is 8.79. The summed E-state index contributed by atoms with van der Waals surface area (Å²) in [6.45, 7) is 6.97. The van der Waals surface area contributed by atoms with Gasteiger partial charge in [0, 0.05) is 37.3 Å². The van der Waals surface area contributed by atoms with Crippen LogP contribution in [0, 0.1) is 13.8 Å². The van der Waals surface area contributed by atoms with Gasteiger partial charge >= 0.3 is 0 Å². The number of carbonyl (C=O) groups excluding carboxylic acids is 1. The Bertz CT molecular complexity index is 693. The minimum absolute atomic E-state index is 0.181. The van der Waals surface area contributed by atoms with E-state index >= 15 is 0 Å². The molecule has 0 aromatic carbocycles. The smallest absolute Gasteiger partial charge is 0.228 e. The molecular weight excluding hydrogens is 332 g/mol. The van der Waals surface area contributed by atoms with Gasteiger partial charge in [0.2, 0.25) is 5.91 Å². The van der Waals surface area contributed by atoms with Crippen LogP contribution in [0.2, 0.25) is 5.02 Å². The first-order chi connectivity index (χ1) is 11.0. The molecule has 1 aliphatic heterocycles. The van der Waals surface area contributed by atoms with Crippen LogP contribution in [0.25, 0.3) is 0 Å². The molecule has 23 heavy (non-hydrogen) atoms. The van der Waals surface area contributed by atoms with Crippen molar-refractivity contribution in [2.45, 2.75) is 20.3 Å². The number of anilines is 1. The molecule has 1 saturated heterocycles. The van der Waals surface area contributed by atoms with Gasteiger partial charge in [-0.05, 0) is 26.0 Å². The van der Waals surface area contributed by atoms with Crippen LogP contribution >= 0.6 is 22.9 Å². The molecule has 0 bridgehead atoms. The topological polar surface area (TPSA) is 49.3 Å². The first kappa shape index (κ1) is 16.2. The highest BCUT2D eigenvalue weighted by Gasteiger charge is 2.23. The van der Waals surface area contributed by atoms with Gasteiger partial charge in [0.15, 0.2) is 0 Å². The van der Waals surface area contributed by atoms with E-state index in [9.17, 15) is 4.79 Å². The lowest BCUT2D eigenvalue weighted by Gasteiger charge is -2.35. The molecule has 0 radical (unpaired) electrons. The highest BCUT2D eigenvalue weighted by atomic mass is 35.5. The standard InChI is InChI=1S/C16H19ClN4OS/c1-11-14(23-12(2)19-11)9-16(22)21-7-5-20(6-8-21)15-4-3-13(17)10-18-15/h3-4,10H,5-9H2,1-2H3. The SMILES string of the molecule is Cc1nc(C)c(CC(=O)N2CCN(c3ccc(Cl)cn3)CC2)s1. The molecular formula is C16H19ClN4OS. The highest BCUT2D eigenvalue weighted by molar-refractivity contribution is 7.11. The summed E-state index contributed by atoms with van der Waals surface area (Å²) in [7, 11) is 0. The second kappa shape index (κ2) is 6.84. The number of hydrogen-bond acceptors (Lipinski definition) is 5. The zero-order chi connectivity index (χ0) is 16.4. The molecule has 3 heterocycles. The third-order valence-electron chi connectivity index (χ3n) is 3.98. The van der Waals surface area contributed by atoms with Crippen LogP contribution in [0.15, 0.2) is 18.3 Å². The summed E-state index contributed by atoms with van der Waals surface area (Å²) in [6.07, 6.45) is 2.11. The number of rotatable bonds is 3. The highest BCUT2D eigenvalue weighted by Crippen LogP contribution is 2.20. The summed E-state index contributed by atoms with van der Waals surface area (Å²) in [6, 6.07) is 3.76. The van der Waals surface area contributed by atoms with Crippen molar-refractivity contribution < 1.29 is 4.79 Å². The van der Waals surface area contributed by atoms with Gasteiger partial charge in [0.05, 0.1) is 22.1 Å². The number of aryl methyl sites for hydroxylation is 2. The number of pyridine rings is 1. The second-order valence-corrected chi connectivity index (χ2v) is 7.34. The number of halogens is 1. The van der Waals surface area contributed by atoms with Gasteiger partial charge in [0.1, 0.15) is 5.82 Å². The number of amides is 1. The van der Waals surface area contributed by atoms with Crippen LogP contribution < -0.4 is 4.90 Å². The third kappa shape index (κ3) is 3.82. The largest absolute Gasteiger partial charge is 0.353 e. The van der Waals surface area contributed by atoms with Gasteiger partial charge < -0.3 is 9.80 Å². The van der Waals surface area contributed by atoms with Gasteiger partial charge in [-0.15, -0.1) is 11.3 Å². The number of hydrogen-bond donors (Lipinski definition) is 0. The van der Waals surface area contributed by atoms with E-state index in [0.717, 1.165) is 47.6 Å². The van der Waals surface area contributed by atoms with Crippen LogP contribution in [0.4, 0.5) is 5.82 Å². The first-order valence-electron chi connectivity index (χ1n) is 7.60. The minimum atomic E-state index is 0.181. The molecule has 1 fully saturated rings. The van der Waals surface area contributed by atoms with Crippen LogP contribution in [-0.2, 0) is 11.2 Å². The number of piperazine rings is 1. The van der Waals surface area contributed by atoms with Gasteiger partial charge in [-0.1, -0.05) is 11.6 Å². The average molecular weight is 351 g/mol. The Morgan fingerprint density at radius 2 is 2.00 bits per heavy atom. The molecule has 122 valence electrons. The van der Waals surface area contributed by atoms with Gasteiger partial charge in [-0.3, -0.25) is 4.79 Å². The van der Waals surface area contributed by atoms with Crippen molar-refractivity contribution in [1.29, 1.82) is 0 Å². The Morgan fingerprint density at radius 1 is 1.26 bits per heavy atom. The Morgan fingerprint density at radius 3 is 2.57 bits per heavy atom. The molecule has 2 aromatic heterocycles. The fraction of sp³-hybridized carbons (Fsp3) is 0.438. The summed E-state index contributed by atoms with van der Waals surface area (Å²) < 4.78 is 0. The molecule has 0 aliphatic carbocycles. The van der Waals surface area contributed by atoms with E-state index in [-0.39, 0.29) is 5.91 Å². The Balaban J connectivity index is 1.57. The van der Waals surface area contributed by atoms with Crippen molar-refractivity contribution >= 4 is 34.7 Å². The molecule has 0 saturated carbocycles. The summed E-state index contributed by atoms with van der Waals surface area (Å²) in [5, 5.41) is 1.65. The fourth-order valence-electron chi connectivity index (χ4n) is 2.73. The fourth-order valence-corrected chi connectivity index (χ4v) is 3.77. The maximum atomic E-state index is 12.5. The monoisotopic (exact) mass is 350 g/mol. The lowest BCUT2D eigenvalue weighted by molar-refractivity contribution is -0.130. The number of thiazole rings is 1.